The first kappa shape index (κ1) is 13.5. The maximum atomic E-state index is 12.8. The summed E-state index contributed by atoms with van der Waals surface area (Å²) in [6, 6.07) is 7.13. The second-order valence-corrected chi connectivity index (χ2v) is 5.58. The van der Waals surface area contributed by atoms with Gasteiger partial charge in [-0.3, -0.25) is 4.90 Å². The number of benzene rings is 1. The van der Waals surface area contributed by atoms with E-state index in [1.54, 1.807) is 12.1 Å². The van der Waals surface area contributed by atoms with Crippen LogP contribution in [-0.4, -0.2) is 24.0 Å². The van der Waals surface area contributed by atoms with Crippen LogP contribution < -0.4 is 5.73 Å². The van der Waals surface area contributed by atoms with E-state index in [2.05, 4.69) is 11.8 Å². The van der Waals surface area contributed by atoms with Gasteiger partial charge in [-0.05, 0) is 56.3 Å². The summed E-state index contributed by atoms with van der Waals surface area (Å²) in [7, 11) is 0. The lowest BCUT2D eigenvalue weighted by Gasteiger charge is -2.33. The van der Waals surface area contributed by atoms with Gasteiger partial charge < -0.3 is 5.73 Å². The highest BCUT2D eigenvalue weighted by Crippen LogP contribution is 2.22. The molecule has 0 saturated carbocycles. The number of piperidine rings is 1. The second kappa shape index (κ2) is 6.30. The fraction of sp³-hybridized carbons (Fsp3) is 0.600. The van der Waals surface area contributed by atoms with Crippen molar-refractivity contribution < 1.29 is 4.39 Å². The summed E-state index contributed by atoms with van der Waals surface area (Å²) >= 11 is 0. The van der Waals surface area contributed by atoms with E-state index in [4.69, 9.17) is 5.73 Å². The molecule has 0 spiro atoms. The molecule has 2 rings (SSSR count). The van der Waals surface area contributed by atoms with Gasteiger partial charge in [0.05, 0.1) is 0 Å². The van der Waals surface area contributed by atoms with Crippen molar-refractivity contribution in [3.8, 4) is 0 Å². The van der Waals surface area contributed by atoms with Crippen molar-refractivity contribution in [3.05, 3.63) is 35.6 Å². The van der Waals surface area contributed by atoms with E-state index >= 15 is 0 Å². The van der Waals surface area contributed by atoms with Crippen molar-refractivity contribution in [1.82, 2.24) is 4.90 Å². The normalized spacial score (nSPS) is 22.9. The fourth-order valence-electron chi connectivity index (χ4n) is 2.86. The minimum atomic E-state index is -0.160. The lowest BCUT2D eigenvalue weighted by Crippen LogP contribution is -2.37. The Morgan fingerprint density at radius 2 is 2.11 bits per heavy atom. The first-order chi connectivity index (χ1) is 8.63. The second-order valence-electron chi connectivity index (χ2n) is 5.58. The molecule has 1 heterocycles. The van der Waals surface area contributed by atoms with E-state index in [0.29, 0.717) is 6.04 Å². The van der Waals surface area contributed by atoms with Crippen molar-refractivity contribution in [2.45, 2.75) is 38.8 Å². The average molecular weight is 250 g/mol. The van der Waals surface area contributed by atoms with Gasteiger partial charge in [-0.25, -0.2) is 4.39 Å². The van der Waals surface area contributed by atoms with E-state index in [9.17, 15) is 4.39 Å². The maximum absolute atomic E-state index is 12.8. The van der Waals surface area contributed by atoms with Gasteiger partial charge in [0.25, 0.3) is 0 Å². The monoisotopic (exact) mass is 250 g/mol. The standard InChI is InChI=1S/C15H23FN2/c1-12(17)9-14-3-2-8-18(11-14)10-13-4-6-15(16)7-5-13/h4-7,12,14H,2-3,8-11,17H2,1H3. The van der Waals surface area contributed by atoms with Crippen LogP contribution in [0.2, 0.25) is 0 Å². The van der Waals surface area contributed by atoms with E-state index < -0.39 is 0 Å². The molecule has 1 aliphatic rings. The predicted molar refractivity (Wildman–Crippen MR) is 72.7 cm³/mol. The molecular formula is C15H23FN2. The molecule has 1 aliphatic heterocycles. The molecule has 1 fully saturated rings. The van der Waals surface area contributed by atoms with Gasteiger partial charge in [-0.1, -0.05) is 12.1 Å². The molecule has 2 N–H and O–H groups in total. The Balaban J connectivity index is 1.87. The Kier molecular flexibility index (Phi) is 4.72. The molecule has 100 valence electrons. The molecule has 2 unspecified atom stereocenters. The van der Waals surface area contributed by atoms with Gasteiger partial charge in [0.1, 0.15) is 5.82 Å². The number of nitrogens with two attached hydrogens (primary N) is 1. The molecule has 1 saturated heterocycles. The van der Waals surface area contributed by atoms with Gasteiger partial charge in [-0.15, -0.1) is 0 Å². The highest BCUT2D eigenvalue weighted by Gasteiger charge is 2.20. The van der Waals surface area contributed by atoms with Crippen molar-refractivity contribution in [1.29, 1.82) is 0 Å². The fourth-order valence-corrected chi connectivity index (χ4v) is 2.86. The van der Waals surface area contributed by atoms with E-state index in [-0.39, 0.29) is 5.82 Å². The highest BCUT2D eigenvalue weighted by atomic mass is 19.1. The van der Waals surface area contributed by atoms with Crippen molar-refractivity contribution in [2.24, 2.45) is 11.7 Å². The Morgan fingerprint density at radius 1 is 1.39 bits per heavy atom. The first-order valence-electron chi connectivity index (χ1n) is 6.86. The van der Waals surface area contributed by atoms with Crippen LogP contribution in [0.4, 0.5) is 4.39 Å². The number of hydrogen-bond donors (Lipinski definition) is 1. The lowest BCUT2D eigenvalue weighted by atomic mass is 9.92. The zero-order valence-electron chi connectivity index (χ0n) is 11.1. The number of halogens is 1. The van der Waals surface area contributed by atoms with Crippen molar-refractivity contribution in [3.63, 3.8) is 0 Å². The summed E-state index contributed by atoms with van der Waals surface area (Å²) in [5.41, 5.74) is 7.07. The minimum absolute atomic E-state index is 0.160. The number of nitrogens with zero attached hydrogens (tertiary/aromatic N) is 1. The summed E-state index contributed by atoms with van der Waals surface area (Å²) in [4.78, 5) is 2.46. The van der Waals surface area contributed by atoms with Crippen LogP contribution in [-0.2, 0) is 6.54 Å². The van der Waals surface area contributed by atoms with Gasteiger partial charge in [0.2, 0.25) is 0 Å². The van der Waals surface area contributed by atoms with E-state index in [1.165, 1.54) is 18.4 Å². The predicted octanol–water partition coefficient (Wildman–Crippen LogP) is 2.78. The van der Waals surface area contributed by atoms with Gasteiger partial charge in [0, 0.05) is 19.1 Å². The molecular weight excluding hydrogens is 227 g/mol. The molecule has 2 nitrogen and oxygen atoms in total. The smallest absolute Gasteiger partial charge is 0.123 e. The maximum Gasteiger partial charge on any atom is 0.123 e. The molecule has 1 aromatic carbocycles. The third-order valence-electron chi connectivity index (χ3n) is 3.63. The van der Waals surface area contributed by atoms with Crippen LogP contribution in [0, 0.1) is 11.7 Å². The molecule has 18 heavy (non-hydrogen) atoms. The van der Waals surface area contributed by atoms with Gasteiger partial charge in [0.15, 0.2) is 0 Å². The molecule has 0 radical (unpaired) electrons. The molecule has 2 atom stereocenters. The van der Waals surface area contributed by atoms with Crippen molar-refractivity contribution >= 4 is 0 Å². The van der Waals surface area contributed by atoms with E-state index in [1.807, 2.05) is 12.1 Å². The highest BCUT2D eigenvalue weighted by molar-refractivity contribution is 5.15. The number of hydrogen-bond acceptors (Lipinski definition) is 2. The summed E-state index contributed by atoms with van der Waals surface area (Å²) in [6.45, 7) is 5.28. The summed E-state index contributed by atoms with van der Waals surface area (Å²) in [5, 5.41) is 0. The van der Waals surface area contributed by atoms with Crippen LogP contribution in [0.3, 0.4) is 0 Å². The Bertz CT molecular complexity index is 361. The van der Waals surface area contributed by atoms with Gasteiger partial charge in [-0.2, -0.15) is 0 Å². The topological polar surface area (TPSA) is 29.3 Å². The van der Waals surface area contributed by atoms with Crippen LogP contribution in [0.15, 0.2) is 24.3 Å². The Hall–Kier alpha value is -0.930. The number of rotatable bonds is 4. The zero-order valence-corrected chi connectivity index (χ0v) is 11.1. The van der Waals surface area contributed by atoms with Gasteiger partial charge >= 0.3 is 0 Å². The van der Waals surface area contributed by atoms with E-state index in [0.717, 1.165) is 32.0 Å². The third kappa shape index (κ3) is 4.07. The summed E-state index contributed by atoms with van der Waals surface area (Å²) < 4.78 is 12.8. The number of likely N-dealkylation sites (tertiary alicyclic amines) is 1. The quantitative estimate of drug-likeness (QED) is 0.890. The Labute approximate surface area is 109 Å². The Morgan fingerprint density at radius 3 is 2.78 bits per heavy atom. The molecule has 3 heteroatoms. The SMILES string of the molecule is CC(N)CC1CCCN(Cc2ccc(F)cc2)C1. The van der Waals surface area contributed by atoms with Crippen LogP contribution in [0.1, 0.15) is 31.7 Å². The average Bonchev–Trinajstić information content (AvgIpc) is 2.32. The molecule has 1 aromatic rings. The van der Waals surface area contributed by atoms with Crippen LogP contribution >= 0.6 is 0 Å². The van der Waals surface area contributed by atoms with Crippen LogP contribution in [0.5, 0.6) is 0 Å². The first-order valence-corrected chi connectivity index (χ1v) is 6.86. The largest absolute Gasteiger partial charge is 0.328 e. The third-order valence-corrected chi connectivity index (χ3v) is 3.63. The molecule has 0 amide bonds. The summed E-state index contributed by atoms with van der Waals surface area (Å²) in [6.07, 6.45) is 3.65. The molecule has 0 aromatic heterocycles. The van der Waals surface area contributed by atoms with Crippen molar-refractivity contribution in [2.75, 3.05) is 13.1 Å². The van der Waals surface area contributed by atoms with Crippen LogP contribution in [0.25, 0.3) is 0 Å². The summed E-state index contributed by atoms with van der Waals surface area (Å²) in [5.74, 6) is 0.562. The molecule has 0 bridgehead atoms. The lowest BCUT2D eigenvalue weighted by molar-refractivity contribution is 0.158. The molecule has 0 aliphatic carbocycles. The minimum Gasteiger partial charge on any atom is -0.328 e. The zero-order chi connectivity index (χ0) is 13.0.